The zero-order valence-corrected chi connectivity index (χ0v) is 26.8. The Kier molecular flexibility index (Phi) is 6.25. The lowest BCUT2D eigenvalue weighted by Crippen LogP contribution is -1.96. The van der Waals surface area contributed by atoms with Gasteiger partial charge in [0.15, 0.2) is 0 Å². The van der Waals surface area contributed by atoms with Crippen molar-refractivity contribution in [3.8, 4) is 39.1 Å². The van der Waals surface area contributed by atoms with E-state index in [0.717, 1.165) is 5.69 Å². The predicted octanol–water partition coefficient (Wildman–Crippen LogP) is 13.2. The van der Waals surface area contributed by atoms with Crippen LogP contribution in [0.15, 0.2) is 188 Å². The van der Waals surface area contributed by atoms with Gasteiger partial charge in [-0.15, -0.1) is 0 Å². The Morgan fingerprint density at radius 3 is 1.27 bits per heavy atom. The van der Waals surface area contributed by atoms with Gasteiger partial charge in [-0.25, -0.2) is 0 Å². The molecule has 0 N–H and O–H groups in total. The molecule has 0 aliphatic heterocycles. The molecule has 0 amide bonds. The van der Waals surface area contributed by atoms with Gasteiger partial charge in [0.05, 0.1) is 11.0 Å². The summed E-state index contributed by atoms with van der Waals surface area (Å²) in [5.41, 5.74) is 11.0. The van der Waals surface area contributed by atoms with E-state index in [-0.39, 0.29) is 0 Å². The molecule has 49 heavy (non-hydrogen) atoms. The number of fused-ring (bicyclic) bond motifs is 9. The van der Waals surface area contributed by atoms with Gasteiger partial charge in [0.25, 0.3) is 0 Å². The molecule has 0 aliphatic carbocycles. The first-order chi connectivity index (χ1) is 24.3. The smallest absolute Gasteiger partial charge is 0.0541 e. The fourth-order valence-electron chi connectivity index (χ4n) is 8.07. The van der Waals surface area contributed by atoms with Crippen molar-refractivity contribution in [3.63, 3.8) is 0 Å². The van der Waals surface area contributed by atoms with Gasteiger partial charge in [-0.1, -0.05) is 158 Å². The van der Waals surface area contributed by atoms with Crippen LogP contribution < -0.4 is 0 Å². The summed E-state index contributed by atoms with van der Waals surface area (Å²) >= 11 is 0. The number of benzene rings is 9. The average Bonchev–Trinajstić information content (AvgIpc) is 3.52. The van der Waals surface area contributed by atoms with Crippen molar-refractivity contribution in [3.05, 3.63) is 188 Å². The number of hydrogen-bond acceptors (Lipinski definition) is 0. The lowest BCUT2D eigenvalue weighted by Gasteiger charge is -2.22. The first kappa shape index (κ1) is 27.7. The van der Waals surface area contributed by atoms with Crippen LogP contribution in [0.3, 0.4) is 0 Å². The Morgan fingerprint density at radius 1 is 0.286 bits per heavy atom. The van der Waals surface area contributed by atoms with Gasteiger partial charge in [-0.2, -0.15) is 0 Å². The van der Waals surface area contributed by atoms with E-state index in [1.54, 1.807) is 0 Å². The van der Waals surface area contributed by atoms with E-state index in [0.29, 0.717) is 0 Å². The van der Waals surface area contributed by atoms with Crippen LogP contribution in [0.1, 0.15) is 0 Å². The van der Waals surface area contributed by atoms with Gasteiger partial charge < -0.3 is 4.57 Å². The molecule has 0 saturated carbocycles. The van der Waals surface area contributed by atoms with Gasteiger partial charge in [0.1, 0.15) is 0 Å². The van der Waals surface area contributed by atoms with E-state index < -0.39 is 0 Å². The van der Waals surface area contributed by atoms with Gasteiger partial charge in [0, 0.05) is 16.5 Å². The van der Waals surface area contributed by atoms with Crippen LogP contribution in [-0.4, -0.2) is 4.57 Å². The number of rotatable bonds is 4. The van der Waals surface area contributed by atoms with E-state index in [1.165, 1.54) is 87.5 Å². The van der Waals surface area contributed by atoms with Crippen molar-refractivity contribution < 1.29 is 0 Å². The van der Waals surface area contributed by atoms with Crippen LogP contribution in [0.5, 0.6) is 0 Å². The minimum Gasteiger partial charge on any atom is -0.309 e. The van der Waals surface area contributed by atoms with Crippen molar-refractivity contribution in [2.24, 2.45) is 0 Å². The predicted molar refractivity (Wildman–Crippen MR) is 210 cm³/mol. The lowest BCUT2D eigenvalue weighted by molar-refractivity contribution is 1.18. The number of nitrogens with zero attached hydrogens (tertiary/aromatic N) is 1. The summed E-state index contributed by atoms with van der Waals surface area (Å²) in [6.45, 7) is 0. The minimum atomic E-state index is 1.16. The largest absolute Gasteiger partial charge is 0.309 e. The Labute approximate surface area is 284 Å². The monoisotopic (exact) mass is 621 g/mol. The molecule has 1 aromatic heterocycles. The SMILES string of the molecule is c1ccc(-c2cc(-c3ccccc3)c3c4ccccc4c4ccccc4c3c2-c2ccc(-n3c4ccccc4c4ccccc43)cc2)cc1. The molecular formula is C48H31N. The highest BCUT2D eigenvalue weighted by molar-refractivity contribution is 6.33. The van der Waals surface area contributed by atoms with Crippen LogP contribution in [0, 0.1) is 0 Å². The first-order valence-corrected chi connectivity index (χ1v) is 17.0. The second kappa shape index (κ2) is 11.1. The van der Waals surface area contributed by atoms with Crippen molar-refractivity contribution in [2.75, 3.05) is 0 Å². The minimum absolute atomic E-state index is 1.16. The Bertz CT molecular complexity index is 2790. The molecule has 0 fully saturated rings. The fourth-order valence-corrected chi connectivity index (χ4v) is 8.07. The molecule has 1 nitrogen and oxygen atoms in total. The molecule has 1 heteroatoms. The normalized spacial score (nSPS) is 11.7. The maximum Gasteiger partial charge on any atom is 0.0541 e. The summed E-state index contributed by atoms with van der Waals surface area (Å²) in [7, 11) is 0. The first-order valence-electron chi connectivity index (χ1n) is 17.0. The van der Waals surface area contributed by atoms with Gasteiger partial charge in [0.2, 0.25) is 0 Å². The van der Waals surface area contributed by atoms with E-state index in [4.69, 9.17) is 0 Å². The van der Waals surface area contributed by atoms with E-state index in [1.807, 2.05) is 0 Å². The highest BCUT2D eigenvalue weighted by Gasteiger charge is 2.21. The zero-order valence-electron chi connectivity index (χ0n) is 26.8. The fraction of sp³-hybridized carbons (Fsp3) is 0. The molecule has 9 aromatic carbocycles. The Hall–Kier alpha value is -6.44. The highest BCUT2D eigenvalue weighted by Crippen LogP contribution is 2.49. The van der Waals surface area contributed by atoms with Crippen LogP contribution in [0.4, 0.5) is 0 Å². The van der Waals surface area contributed by atoms with E-state index in [2.05, 4.69) is 193 Å². The molecule has 0 atom stereocenters. The van der Waals surface area contributed by atoms with Crippen molar-refractivity contribution in [1.29, 1.82) is 0 Å². The number of aromatic nitrogens is 1. The molecular weight excluding hydrogens is 591 g/mol. The molecule has 1 heterocycles. The highest BCUT2D eigenvalue weighted by atomic mass is 15.0. The van der Waals surface area contributed by atoms with Gasteiger partial charge in [-0.05, 0) is 96.0 Å². The number of hydrogen-bond donors (Lipinski definition) is 0. The van der Waals surface area contributed by atoms with Crippen molar-refractivity contribution >= 4 is 54.1 Å². The van der Waals surface area contributed by atoms with Crippen LogP contribution in [-0.2, 0) is 0 Å². The van der Waals surface area contributed by atoms with Crippen LogP contribution in [0.25, 0.3) is 93.2 Å². The zero-order chi connectivity index (χ0) is 32.3. The van der Waals surface area contributed by atoms with Crippen molar-refractivity contribution in [2.45, 2.75) is 0 Å². The summed E-state index contributed by atoms with van der Waals surface area (Å²) in [5, 5.41) is 10.2. The van der Waals surface area contributed by atoms with E-state index in [9.17, 15) is 0 Å². The molecule has 228 valence electrons. The van der Waals surface area contributed by atoms with Gasteiger partial charge in [-0.3, -0.25) is 0 Å². The lowest BCUT2D eigenvalue weighted by atomic mass is 9.81. The molecule has 0 unspecified atom stereocenters. The summed E-state index contributed by atoms with van der Waals surface area (Å²) < 4.78 is 2.39. The van der Waals surface area contributed by atoms with Crippen LogP contribution in [0.2, 0.25) is 0 Å². The third-order valence-corrected chi connectivity index (χ3v) is 10.2. The quantitative estimate of drug-likeness (QED) is 0.172. The Morgan fingerprint density at radius 2 is 0.714 bits per heavy atom. The molecule has 10 rings (SSSR count). The van der Waals surface area contributed by atoms with Gasteiger partial charge >= 0.3 is 0 Å². The molecule has 0 radical (unpaired) electrons. The third-order valence-electron chi connectivity index (χ3n) is 10.2. The number of para-hydroxylation sites is 2. The summed E-state index contributed by atoms with van der Waals surface area (Å²) in [6, 6.07) is 68.7. The third kappa shape index (κ3) is 4.26. The second-order valence-electron chi connectivity index (χ2n) is 12.8. The molecule has 0 bridgehead atoms. The van der Waals surface area contributed by atoms with Crippen molar-refractivity contribution in [1.82, 2.24) is 4.57 Å². The molecule has 10 aromatic rings. The maximum atomic E-state index is 2.43. The summed E-state index contributed by atoms with van der Waals surface area (Å²) in [5.74, 6) is 0. The van der Waals surface area contributed by atoms with E-state index >= 15 is 0 Å². The molecule has 0 aliphatic rings. The topological polar surface area (TPSA) is 4.93 Å². The summed E-state index contributed by atoms with van der Waals surface area (Å²) in [4.78, 5) is 0. The average molecular weight is 622 g/mol. The second-order valence-corrected chi connectivity index (χ2v) is 12.8. The molecule has 0 spiro atoms. The van der Waals surface area contributed by atoms with Crippen LogP contribution >= 0.6 is 0 Å². The maximum absolute atomic E-state index is 2.43. The molecule has 0 saturated heterocycles. The summed E-state index contributed by atoms with van der Waals surface area (Å²) in [6.07, 6.45) is 0. The standard InChI is InChI=1S/C48H31N/c1-3-15-32(16-4-1)42-31-43(33-17-5-2-6-18-33)47-40-23-9-7-19-36(40)37-20-8-10-24-41(37)48(47)46(42)34-27-29-35(30-28-34)49-44-25-13-11-21-38(44)39-22-12-14-26-45(39)49/h1-31H. The Balaban J connectivity index is 1.34.